The van der Waals surface area contributed by atoms with Crippen LogP contribution in [-0.2, 0) is 19.4 Å². The highest BCUT2D eigenvalue weighted by Crippen LogP contribution is 2.25. The molecule has 3 nitrogen and oxygen atoms in total. The first kappa shape index (κ1) is 14.6. The number of nitrogens with zero attached hydrogens (tertiary/aromatic N) is 2. The molecule has 0 saturated carbocycles. The molecule has 1 aromatic heterocycles. The summed E-state index contributed by atoms with van der Waals surface area (Å²) in [5.74, 6) is 1.15. The molecule has 0 aliphatic heterocycles. The third-order valence-electron chi connectivity index (χ3n) is 4.16. The molecule has 1 aromatic rings. The lowest BCUT2D eigenvalue weighted by atomic mass is 9.96. The number of rotatable bonds is 7. The Kier molecular flexibility index (Phi) is 5.44. The lowest BCUT2D eigenvalue weighted by molar-refractivity contribution is 0.202. The predicted molar refractivity (Wildman–Crippen MR) is 78.2 cm³/mol. The van der Waals surface area contributed by atoms with E-state index in [0.717, 1.165) is 25.1 Å². The summed E-state index contributed by atoms with van der Waals surface area (Å²) in [7, 11) is 0. The second-order valence-electron chi connectivity index (χ2n) is 6.01. The Hall–Kier alpha value is -0.830. The van der Waals surface area contributed by atoms with Crippen LogP contribution in [0.3, 0.4) is 0 Å². The van der Waals surface area contributed by atoms with E-state index in [0.29, 0.717) is 6.04 Å². The monoisotopic (exact) mass is 264 g/mol. The SMILES string of the molecule is CCCCCN(Cc1noc2c1CCCC2)C(C)C. The zero-order chi connectivity index (χ0) is 13.7. The number of aromatic nitrogens is 1. The van der Waals surface area contributed by atoms with Crippen LogP contribution in [0, 0.1) is 0 Å². The van der Waals surface area contributed by atoms with Crippen molar-refractivity contribution < 1.29 is 4.52 Å². The molecule has 1 aliphatic rings. The van der Waals surface area contributed by atoms with Crippen molar-refractivity contribution in [1.29, 1.82) is 0 Å². The molecule has 1 aliphatic carbocycles. The molecule has 0 radical (unpaired) electrons. The summed E-state index contributed by atoms with van der Waals surface area (Å²) in [6.07, 6.45) is 8.68. The highest BCUT2D eigenvalue weighted by Gasteiger charge is 2.21. The maximum atomic E-state index is 5.52. The molecule has 0 unspecified atom stereocenters. The molecule has 108 valence electrons. The molecule has 1 heterocycles. The van der Waals surface area contributed by atoms with Gasteiger partial charge in [-0.2, -0.15) is 0 Å². The predicted octanol–water partition coefficient (Wildman–Crippen LogP) is 3.95. The summed E-state index contributed by atoms with van der Waals surface area (Å²) in [5, 5.41) is 4.33. The Balaban J connectivity index is 1.98. The Labute approximate surface area is 117 Å². The van der Waals surface area contributed by atoms with E-state index in [4.69, 9.17) is 4.52 Å². The van der Waals surface area contributed by atoms with Crippen LogP contribution in [0.2, 0.25) is 0 Å². The van der Waals surface area contributed by atoms with E-state index >= 15 is 0 Å². The first-order valence-corrected chi connectivity index (χ1v) is 7.92. The van der Waals surface area contributed by atoms with E-state index < -0.39 is 0 Å². The fraction of sp³-hybridized carbons (Fsp3) is 0.812. The van der Waals surface area contributed by atoms with Gasteiger partial charge in [-0.15, -0.1) is 0 Å². The molecule has 0 amide bonds. The summed E-state index contributed by atoms with van der Waals surface area (Å²) in [4.78, 5) is 2.53. The second-order valence-corrected chi connectivity index (χ2v) is 6.01. The van der Waals surface area contributed by atoms with Gasteiger partial charge in [-0.05, 0) is 46.1 Å². The van der Waals surface area contributed by atoms with Gasteiger partial charge in [0.1, 0.15) is 11.5 Å². The maximum absolute atomic E-state index is 5.52. The van der Waals surface area contributed by atoms with Crippen LogP contribution in [0.15, 0.2) is 4.52 Å². The van der Waals surface area contributed by atoms with E-state index in [9.17, 15) is 0 Å². The van der Waals surface area contributed by atoms with Crippen LogP contribution in [0.1, 0.15) is 69.9 Å². The van der Waals surface area contributed by atoms with Gasteiger partial charge in [-0.25, -0.2) is 0 Å². The van der Waals surface area contributed by atoms with Crippen molar-refractivity contribution in [1.82, 2.24) is 10.1 Å². The van der Waals surface area contributed by atoms with Gasteiger partial charge in [0, 0.05) is 24.6 Å². The normalized spacial score (nSPS) is 15.2. The molecule has 3 heteroatoms. The smallest absolute Gasteiger partial charge is 0.140 e. The summed E-state index contributed by atoms with van der Waals surface area (Å²) < 4.78 is 5.52. The summed E-state index contributed by atoms with van der Waals surface area (Å²) in [5.41, 5.74) is 2.60. The van der Waals surface area contributed by atoms with Gasteiger partial charge in [0.25, 0.3) is 0 Å². The molecule has 0 aromatic carbocycles. The van der Waals surface area contributed by atoms with Crippen molar-refractivity contribution in [3.63, 3.8) is 0 Å². The lowest BCUT2D eigenvalue weighted by Crippen LogP contribution is -2.31. The summed E-state index contributed by atoms with van der Waals surface area (Å²) in [6.45, 7) is 8.94. The van der Waals surface area contributed by atoms with Gasteiger partial charge in [0.15, 0.2) is 0 Å². The van der Waals surface area contributed by atoms with Crippen LogP contribution in [0.5, 0.6) is 0 Å². The van der Waals surface area contributed by atoms with Crippen LogP contribution in [0.4, 0.5) is 0 Å². The van der Waals surface area contributed by atoms with Crippen molar-refractivity contribution in [3.8, 4) is 0 Å². The van der Waals surface area contributed by atoms with Crippen molar-refractivity contribution in [3.05, 3.63) is 17.0 Å². The van der Waals surface area contributed by atoms with Crippen LogP contribution < -0.4 is 0 Å². The van der Waals surface area contributed by atoms with E-state index in [1.54, 1.807) is 0 Å². The number of unbranched alkanes of at least 4 members (excludes halogenated alkanes) is 2. The van der Waals surface area contributed by atoms with E-state index in [1.807, 2.05) is 0 Å². The molecule has 19 heavy (non-hydrogen) atoms. The first-order chi connectivity index (χ1) is 9.22. The Morgan fingerprint density at radius 3 is 2.74 bits per heavy atom. The van der Waals surface area contributed by atoms with Crippen LogP contribution in [0.25, 0.3) is 0 Å². The van der Waals surface area contributed by atoms with Gasteiger partial charge in [0.2, 0.25) is 0 Å². The highest BCUT2D eigenvalue weighted by molar-refractivity contribution is 5.25. The van der Waals surface area contributed by atoms with Gasteiger partial charge < -0.3 is 4.52 Å². The van der Waals surface area contributed by atoms with E-state index in [2.05, 4.69) is 30.8 Å². The number of hydrogen-bond donors (Lipinski definition) is 0. The van der Waals surface area contributed by atoms with Crippen molar-refractivity contribution in [2.45, 2.75) is 78.3 Å². The largest absolute Gasteiger partial charge is 0.361 e. The Bertz CT molecular complexity index is 384. The molecular weight excluding hydrogens is 236 g/mol. The van der Waals surface area contributed by atoms with Gasteiger partial charge in [0.05, 0.1) is 0 Å². The minimum atomic E-state index is 0.577. The Morgan fingerprint density at radius 2 is 2.00 bits per heavy atom. The molecule has 0 N–H and O–H groups in total. The minimum Gasteiger partial charge on any atom is -0.361 e. The average molecular weight is 264 g/mol. The van der Waals surface area contributed by atoms with Crippen molar-refractivity contribution >= 4 is 0 Å². The lowest BCUT2D eigenvalue weighted by Gasteiger charge is -2.26. The summed E-state index contributed by atoms with van der Waals surface area (Å²) in [6, 6.07) is 0.577. The van der Waals surface area contributed by atoms with Crippen LogP contribution >= 0.6 is 0 Å². The van der Waals surface area contributed by atoms with Gasteiger partial charge in [-0.1, -0.05) is 24.9 Å². The molecule has 0 atom stereocenters. The Morgan fingerprint density at radius 1 is 1.21 bits per heavy atom. The summed E-state index contributed by atoms with van der Waals surface area (Å²) >= 11 is 0. The van der Waals surface area contributed by atoms with E-state index in [1.165, 1.54) is 49.9 Å². The molecule has 0 bridgehead atoms. The second kappa shape index (κ2) is 7.09. The van der Waals surface area contributed by atoms with Crippen molar-refractivity contribution in [2.75, 3.05) is 6.54 Å². The van der Waals surface area contributed by atoms with Gasteiger partial charge in [-0.3, -0.25) is 4.90 Å². The van der Waals surface area contributed by atoms with Gasteiger partial charge >= 0.3 is 0 Å². The maximum Gasteiger partial charge on any atom is 0.140 e. The molecule has 0 spiro atoms. The topological polar surface area (TPSA) is 29.3 Å². The fourth-order valence-electron chi connectivity index (χ4n) is 2.85. The van der Waals surface area contributed by atoms with Crippen molar-refractivity contribution in [2.24, 2.45) is 0 Å². The van der Waals surface area contributed by atoms with E-state index in [-0.39, 0.29) is 0 Å². The molecular formula is C16H28N2O. The number of hydrogen-bond acceptors (Lipinski definition) is 3. The standard InChI is InChI=1S/C16H28N2O/c1-4-5-8-11-18(13(2)3)12-15-14-9-6-7-10-16(14)19-17-15/h13H,4-12H2,1-3H3. The number of fused-ring (bicyclic) bond motifs is 1. The first-order valence-electron chi connectivity index (χ1n) is 7.92. The van der Waals surface area contributed by atoms with Crippen LogP contribution in [-0.4, -0.2) is 22.6 Å². The molecule has 0 fully saturated rings. The zero-order valence-electron chi connectivity index (χ0n) is 12.7. The highest BCUT2D eigenvalue weighted by atomic mass is 16.5. The fourth-order valence-corrected chi connectivity index (χ4v) is 2.85. The number of aryl methyl sites for hydroxylation is 1. The quantitative estimate of drug-likeness (QED) is 0.698. The minimum absolute atomic E-state index is 0.577. The zero-order valence-corrected chi connectivity index (χ0v) is 12.7. The third kappa shape index (κ3) is 3.82. The molecule has 0 saturated heterocycles. The average Bonchev–Trinajstić information content (AvgIpc) is 2.81. The third-order valence-corrected chi connectivity index (χ3v) is 4.16. The molecule has 2 rings (SSSR count).